The van der Waals surface area contributed by atoms with Crippen LogP contribution in [0.5, 0.6) is 0 Å². The maximum absolute atomic E-state index is 10.7. The fraction of sp³-hybridized carbons (Fsp3) is 0.667. The SMILES string of the molecule is CN1C=C([N+](=O)[O-])N(CCO)C1[N+](=O)[O-]. The third-order valence-electron chi connectivity index (χ3n) is 1.97. The molecule has 0 aromatic heterocycles. The van der Waals surface area contributed by atoms with E-state index >= 15 is 0 Å². The van der Waals surface area contributed by atoms with Gasteiger partial charge in [0.2, 0.25) is 0 Å². The molecule has 84 valence electrons. The largest absolute Gasteiger partial charge is 0.430 e. The van der Waals surface area contributed by atoms with Crippen LogP contribution in [0.4, 0.5) is 0 Å². The van der Waals surface area contributed by atoms with Gasteiger partial charge in [0.15, 0.2) is 0 Å². The van der Waals surface area contributed by atoms with E-state index in [9.17, 15) is 20.2 Å². The second kappa shape index (κ2) is 4.09. The second-order valence-electron chi connectivity index (χ2n) is 2.96. The van der Waals surface area contributed by atoms with Crippen LogP contribution in [0.15, 0.2) is 12.0 Å². The van der Waals surface area contributed by atoms with E-state index in [2.05, 4.69) is 0 Å². The maximum Gasteiger partial charge on any atom is 0.430 e. The lowest BCUT2D eigenvalue weighted by atomic mass is 10.5. The predicted octanol–water partition coefficient (Wildman–Crippen LogP) is -1.14. The zero-order chi connectivity index (χ0) is 11.6. The van der Waals surface area contributed by atoms with E-state index in [1.54, 1.807) is 0 Å². The molecule has 0 fully saturated rings. The van der Waals surface area contributed by atoms with Crippen LogP contribution in [0.3, 0.4) is 0 Å². The standard InChI is InChI=1S/C6H10N4O5/c1-7-4-5(9(12)13)8(2-3-11)6(7)10(14)15/h4,6,11H,2-3H2,1H3. The quantitative estimate of drug-likeness (QED) is 0.468. The van der Waals surface area contributed by atoms with Crippen molar-refractivity contribution in [2.75, 3.05) is 20.2 Å². The summed E-state index contributed by atoms with van der Waals surface area (Å²) in [7, 11) is 1.37. The van der Waals surface area contributed by atoms with Crippen LogP contribution in [-0.4, -0.2) is 51.2 Å². The highest BCUT2D eigenvalue weighted by atomic mass is 16.6. The molecule has 9 heteroatoms. The minimum atomic E-state index is -1.32. The van der Waals surface area contributed by atoms with Gasteiger partial charge < -0.3 is 15.2 Å². The lowest BCUT2D eigenvalue weighted by Gasteiger charge is -2.17. The number of aliphatic hydroxyl groups is 1. The Labute approximate surface area is 84.5 Å². The summed E-state index contributed by atoms with van der Waals surface area (Å²) in [5.41, 5.74) is 0. The highest BCUT2D eigenvalue weighted by Crippen LogP contribution is 2.21. The van der Waals surface area contributed by atoms with Crippen molar-refractivity contribution >= 4 is 0 Å². The van der Waals surface area contributed by atoms with Gasteiger partial charge in [0.25, 0.3) is 0 Å². The molecule has 0 saturated carbocycles. The molecule has 1 heterocycles. The molecule has 0 aromatic carbocycles. The summed E-state index contributed by atoms with van der Waals surface area (Å²) in [5, 5.41) is 29.9. The molecule has 1 rings (SSSR count). The first kappa shape index (κ1) is 11.2. The average Bonchev–Trinajstić information content (AvgIpc) is 2.43. The molecular weight excluding hydrogens is 208 g/mol. The van der Waals surface area contributed by atoms with E-state index in [4.69, 9.17) is 5.11 Å². The molecule has 0 radical (unpaired) electrons. The highest BCUT2D eigenvalue weighted by molar-refractivity contribution is 4.99. The van der Waals surface area contributed by atoms with Gasteiger partial charge in [-0.15, -0.1) is 0 Å². The van der Waals surface area contributed by atoms with Gasteiger partial charge in [-0.2, -0.15) is 4.90 Å². The molecule has 0 saturated heterocycles. The van der Waals surface area contributed by atoms with Crippen LogP contribution in [0.2, 0.25) is 0 Å². The summed E-state index contributed by atoms with van der Waals surface area (Å²) in [5.74, 6) is -0.381. The molecule has 0 aromatic rings. The number of nitrogens with zero attached hydrogens (tertiary/aromatic N) is 4. The van der Waals surface area contributed by atoms with Crippen molar-refractivity contribution in [3.05, 3.63) is 32.2 Å². The summed E-state index contributed by atoms with van der Waals surface area (Å²) in [6, 6.07) is 0. The lowest BCUT2D eigenvalue weighted by Crippen LogP contribution is -2.46. The van der Waals surface area contributed by atoms with Crippen LogP contribution in [0, 0.1) is 20.2 Å². The molecule has 1 aliphatic rings. The summed E-state index contributed by atoms with van der Waals surface area (Å²) in [4.78, 5) is 21.9. The number of β-amino-alcohol motifs (C(OH)–C–C–N with tert-alkyl or cyclic N) is 1. The van der Waals surface area contributed by atoms with Crippen molar-refractivity contribution in [2.24, 2.45) is 0 Å². The van der Waals surface area contributed by atoms with Gasteiger partial charge in [-0.3, -0.25) is 15.0 Å². The fourth-order valence-electron chi connectivity index (χ4n) is 1.41. The molecule has 0 spiro atoms. The molecule has 1 aliphatic heterocycles. The van der Waals surface area contributed by atoms with Crippen molar-refractivity contribution in [1.29, 1.82) is 0 Å². The Hall–Kier alpha value is -1.90. The van der Waals surface area contributed by atoms with Gasteiger partial charge in [-0.05, 0) is 4.92 Å². The maximum atomic E-state index is 10.7. The van der Waals surface area contributed by atoms with Crippen LogP contribution < -0.4 is 0 Å². The number of rotatable bonds is 4. The van der Waals surface area contributed by atoms with E-state index in [1.807, 2.05) is 0 Å². The first-order valence-electron chi connectivity index (χ1n) is 4.08. The minimum absolute atomic E-state index is 0.150. The Morgan fingerprint density at radius 2 is 2.13 bits per heavy atom. The molecule has 1 N–H and O–H groups in total. The average molecular weight is 218 g/mol. The third-order valence-corrected chi connectivity index (χ3v) is 1.97. The topological polar surface area (TPSA) is 113 Å². The highest BCUT2D eigenvalue weighted by Gasteiger charge is 2.46. The van der Waals surface area contributed by atoms with E-state index in [0.29, 0.717) is 0 Å². The normalized spacial score (nSPS) is 20.4. The molecule has 0 amide bonds. The number of nitro groups is 2. The Kier molecular flexibility index (Phi) is 3.04. The summed E-state index contributed by atoms with van der Waals surface area (Å²) in [6.07, 6.45) is -0.249. The van der Waals surface area contributed by atoms with Gasteiger partial charge in [0, 0.05) is 7.05 Å². The van der Waals surface area contributed by atoms with Crippen molar-refractivity contribution in [3.8, 4) is 0 Å². The first-order chi connectivity index (χ1) is 6.99. The van der Waals surface area contributed by atoms with Crippen molar-refractivity contribution in [1.82, 2.24) is 9.80 Å². The fourth-order valence-corrected chi connectivity index (χ4v) is 1.41. The van der Waals surface area contributed by atoms with Gasteiger partial charge in [-0.1, -0.05) is 0 Å². The number of hydrogen-bond acceptors (Lipinski definition) is 7. The lowest BCUT2D eigenvalue weighted by molar-refractivity contribution is -0.578. The van der Waals surface area contributed by atoms with E-state index in [1.165, 1.54) is 7.05 Å². The zero-order valence-electron chi connectivity index (χ0n) is 7.94. The van der Waals surface area contributed by atoms with Crippen LogP contribution in [0.1, 0.15) is 0 Å². The smallest absolute Gasteiger partial charge is 0.392 e. The molecule has 15 heavy (non-hydrogen) atoms. The van der Waals surface area contributed by atoms with Crippen LogP contribution in [0.25, 0.3) is 0 Å². The Balaban J connectivity index is 2.95. The predicted molar refractivity (Wildman–Crippen MR) is 47.4 cm³/mol. The monoisotopic (exact) mass is 218 g/mol. The summed E-state index contributed by atoms with van der Waals surface area (Å²) < 4.78 is 0. The zero-order valence-corrected chi connectivity index (χ0v) is 7.94. The second-order valence-corrected chi connectivity index (χ2v) is 2.96. The van der Waals surface area contributed by atoms with Crippen molar-refractivity contribution in [3.63, 3.8) is 0 Å². The number of hydrogen-bond donors (Lipinski definition) is 1. The van der Waals surface area contributed by atoms with Crippen LogP contribution >= 0.6 is 0 Å². The van der Waals surface area contributed by atoms with Gasteiger partial charge >= 0.3 is 12.1 Å². The molecule has 1 unspecified atom stereocenters. The Morgan fingerprint density at radius 1 is 1.53 bits per heavy atom. The Morgan fingerprint density at radius 3 is 2.53 bits per heavy atom. The van der Waals surface area contributed by atoms with Crippen molar-refractivity contribution in [2.45, 2.75) is 6.29 Å². The molecule has 0 aliphatic carbocycles. The van der Waals surface area contributed by atoms with Gasteiger partial charge in [0.1, 0.15) is 12.7 Å². The molecule has 0 bridgehead atoms. The molecular formula is C6H10N4O5. The van der Waals surface area contributed by atoms with E-state index in [0.717, 1.165) is 16.0 Å². The number of aliphatic hydroxyl groups excluding tert-OH is 1. The first-order valence-corrected chi connectivity index (χ1v) is 4.08. The summed E-state index contributed by atoms with van der Waals surface area (Å²) >= 11 is 0. The molecule has 9 nitrogen and oxygen atoms in total. The van der Waals surface area contributed by atoms with Crippen LogP contribution in [-0.2, 0) is 0 Å². The summed E-state index contributed by atoms with van der Waals surface area (Å²) in [6.45, 7) is -0.536. The van der Waals surface area contributed by atoms with Gasteiger partial charge in [-0.25, -0.2) is 0 Å². The van der Waals surface area contributed by atoms with E-state index < -0.39 is 16.1 Å². The Bertz CT molecular complexity index is 317. The van der Waals surface area contributed by atoms with Crippen molar-refractivity contribution < 1.29 is 15.0 Å². The van der Waals surface area contributed by atoms with E-state index in [-0.39, 0.29) is 19.0 Å². The minimum Gasteiger partial charge on any atom is -0.392 e. The van der Waals surface area contributed by atoms with Gasteiger partial charge in [0.05, 0.1) is 11.5 Å². The molecule has 1 atom stereocenters. The third kappa shape index (κ3) is 1.96.